The minimum Gasteiger partial charge on any atom is -0.370 e. The first-order chi connectivity index (χ1) is 11.8. The van der Waals surface area contributed by atoms with Gasteiger partial charge in [-0.25, -0.2) is 4.98 Å². The number of aromatic nitrogens is 1. The second-order valence-electron chi connectivity index (χ2n) is 5.95. The van der Waals surface area contributed by atoms with Crippen molar-refractivity contribution in [2.24, 2.45) is 10.7 Å². The largest absolute Gasteiger partial charge is 0.370 e. The van der Waals surface area contributed by atoms with Crippen LogP contribution in [-0.4, -0.2) is 48.6 Å². The molecular formula is C18H25N5S. The van der Waals surface area contributed by atoms with Crippen LogP contribution in [0.2, 0.25) is 0 Å². The normalized spacial score (nSPS) is 15.8. The zero-order valence-electron chi connectivity index (χ0n) is 14.2. The van der Waals surface area contributed by atoms with E-state index in [1.807, 2.05) is 11.6 Å². The molecule has 5 nitrogen and oxygen atoms in total. The molecule has 3 rings (SSSR count). The van der Waals surface area contributed by atoms with Crippen LogP contribution in [0.4, 0.5) is 5.13 Å². The highest BCUT2D eigenvalue weighted by Crippen LogP contribution is 2.18. The molecule has 0 unspecified atom stereocenters. The fourth-order valence-electron chi connectivity index (χ4n) is 2.84. The Morgan fingerprint density at radius 1 is 1.17 bits per heavy atom. The van der Waals surface area contributed by atoms with E-state index < -0.39 is 0 Å². The van der Waals surface area contributed by atoms with Gasteiger partial charge in [0, 0.05) is 44.3 Å². The molecule has 24 heavy (non-hydrogen) atoms. The van der Waals surface area contributed by atoms with Crippen molar-refractivity contribution in [1.29, 1.82) is 0 Å². The monoisotopic (exact) mass is 343 g/mol. The molecule has 1 aromatic heterocycles. The molecule has 2 aromatic rings. The summed E-state index contributed by atoms with van der Waals surface area (Å²) >= 11 is 1.69. The number of thiazole rings is 1. The summed E-state index contributed by atoms with van der Waals surface area (Å²) in [5, 5.41) is 3.12. The van der Waals surface area contributed by atoms with Gasteiger partial charge in [-0.3, -0.25) is 4.99 Å². The van der Waals surface area contributed by atoms with Crippen LogP contribution >= 0.6 is 11.3 Å². The zero-order valence-corrected chi connectivity index (χ0v) is 15.0. The molecule has 2 N–H and O–H groups in total. The van der Waals surface area contributed by atoms with Gasteiger partial charge in [0.15, 0.2) is 11.1 Å². The number of nitrogens with two attached hydrogens (primary N) is 1. The second kappa shape index (κ2) is 8.15. The zero-order chi connectivity index (χ0) is 16.8. The van der Waals surface area contributed by atoms with E-state index in [0.29, 0.717) is 5.96 Å². The standard InChI is InChI=1S/C18H25N5S/c1-2-15-3-5-16(6-4-15)7-8-20-17(19)22-10-12-23(13-11-22)18-21-9-14-24-18/h3-6,9,14H,2,7-8,10-13H2,1H3,(H2,19,20). The van der Waals surface area contributed by atoms with Gasteiger partial charge in [0.2, 0.25) is 0 Å². The lowest BCUT2D eigenvalue weighted by Crippen LogP contribution is -2.51. The van der Waals surface area contributed by atoms with Gasteiger partial charge in [-0.2, -0.15) is 0 Å². The lowest BCUT2D eigenvalue weighted by atomic mass is 10.1. The van der Waals surface area contributed by atoms with Gasteiger partial charge in [0.25, 0.3) is 0 Å². The average molecular weight is 344 g/mol. The van der Waals surface area contributed by atoms with Crippen LogP contribution in [0.25, 0.3) is 0 Å². The van der Waals surface area contributed by atoms with E-state index in [4.69, 9.17) is 5.73 Å². The summed E-state index contributed by atoms with van der Waals surface area (Å²) in [5.74, 6) is 0.666. The maximum Gasteiger partial charge on any atom is 0.191 e. The van der Waals surface area contributed by atoms with E-state index in [1.165, 1.54) is 11.1 Å². The van der Waals surface area contributed by atoms with Gasteiger partial charge in [-0.15, -0.1) is 11.3 Å². The Balaban J connectivity index is 1.46. The Morgan fingerprint density at radius 3 is 2.50 bits per heavy atom. The van der Waals surface area contributed by atoms with Crippen LogP contribution in [0.15, 0.2) is 40.8 Å². The molecular weight excluding hydrogens is 318 g/mol. The Kier molecular flexibility index (Phi) is 5.69. The summed E-state index contributed by atoms with van der Waals surface area (Å²) in [6.07, 6.45) is 3.87. The summed E-state index contributed by atoms with van der Waals surface area (Å²) in [7, 11) is 0. The van der Waals surface area contributed by atoms with E-state index in [1.54, 1.807) is 11.3 Å². The van der Waals surface area contributed by atoms with Crippen LogP contribution in [0.5, 0.6) is 0 Å². The summed E-state index contributed by atoms with van der Waals surface area (Å²) in [5.41, 5.74) is 8.86. The highest BCUT2D eigenvalue weighted by molar-refractivity contribution is 7.13. The third kappa shape index (κ3) is 4.26. The lowest BCUT2D eigenvalue weighted by Gasteiger charge is -2.35. The fraction of sp³-hybridized carbons (Fsp3) is 0.444. The molecule has 1 fully saturated rings. The average Bonchev–Trinajstić information content (AvgIpc) is 3.17. The minimum atomic E-state index is 0.666. The molecule has 0 amide bonds. The quantitative estimate of drug-likeness (QED) is 0.669. The molecule has 1 aromatic carbocycles. The van der Waals surface area contributed by atoms with Crippen LogP contribution in [0, 0.1) is 0 Å². The Bertz CT molecular complexity index is 643. The van der Waals surface area contributed by atoms with Gasteiger partial charge in [0.1, 0.15) is 0 Å². The SMILES string of the molecule is CCc1ccc(CCN=C(N)N2CCN(c3nccs3)CC2)cc1. The molecule has 0 saturated carbocycles. The Labute approximate surface area is 147 Å². The predicted molar refractivity (Wildman–Crippen MR) is 102 cm³/mol. The molecule has 0 radical (unpaired) electrons. The van der Waals surface area contributed by atoms with Crippen molar-refractivity contribution >= 4 is 22.4 Å². The van der Waals surface area contributed by atoms with E-state index in [9.17, 15) is 0 Å². The van der Waals surface area contributed by atoms with Crippen molar-refractivity contribution in [3.8, 4) is 0 Å². The predicted octanol–water partition coefficient (Wildman–Crippen LogP) is 2.38. The van der Waals surface area contributed by atoms with E-state index in [0.717, 1.165) is 50.7 Å². The van der Waals surface area contributed by atoms with E-state index in [-0.39, 0.29) is 0 Å². The van der Waals surface area contributed by atoms with Crippen molar-refractivity contribution in [3.63, 3.8) is 0 Å². The van der Waals surface area contributed by atoms with E-state index in [2.05, 4.69) is 51.0 Å². The Morgan fingerprint density at radius 2 is 1.88 bits per heavy atom. The number of aliphatic imine (C=N–C) groups is 1. The number of piperazine rings is 1. The maximum atomic E-state index is 6.17. The summed E-state index contributed by atoms with van der Waals surface area (Å²) in [4.78, 5) is 13.4. The third-order valence-corrected chi connectivity index (χ3v) is 5.23. The molecule has 1 saturated heterocycles. The number of hydrogen-bond donors (Lipinski definition) is 1. The van der Waals surface area contributed by atoms with Crippen molar-refractivity contribution in [1.82, 2.24) is 9.88 Å². The first-order valence-electron chi connectivity index (χ1n) is 8.53. The second-order valence-corrected chi connectivity index (χ2v) is 6.82. The number of benzene rings is 1. The minimum absolute atomic E-state index is 0.666. The van der Waals surface area contributed by atoms with Gasteiger partial charge in [0.05, 0.1) is 0 Å². The molecule has 0 atom stereocenters. The maximum absolute atomic E-state index is 6.17. The highest BCUT2D eigenvalue weighted by Gasteiger charge is 2.19. The fourth-order valence-corrected chi connectivity index (χ4v) is 3.54. The third-order valence-electron chi connectivity index (χ3n) is 4.40. The van der Waals surface area contributed by atoms with Gasteiger partial charge in [-0.1, -0.05) is 31.2 Å². The smallest absolute Gasteiger partial charge is 0.191 e. The number of rotatable bonds is 5. The van der Waals surface area contributed by atoms with Crippen LogP contribution in [0.3, 0.4) is 0 Å². The summed E-state index contributed by atoms with van der Waals surface area (Å²) < 4.78 is 0. The number of anilines is 1. The first-order valence-corrected chi connectivity index (χ1v) is 9.41. The van der Waals surface area contributed by atoms with Crippen LogP contribution < -0.4 is 10.6 Å². The molecule has 0 bridgehead atoms. The van der Waals surface area contributed by atoms with Crippen molar-refractivity contribution in [2.45, 2.75) is 19.8 Å². The van der Waals surface area contributed by atoms with Crippen LogP contribution in [-0.2, 0) is 12.8 Å². The first kappa shape index (κ1) is 16.8. The van der Waals surface area contributed by atoms with E-state index >= 15 is 0 Å². The van der Waals surface area contributed by atoms with Crippen LogP contribution in [0.1, 0.15) is 18.1 Å². The highest BCUT2D eigenvalue weighted by atomic mass is 32.1. The Hall–Kier alpha value is -2.08. The van der Waals surface area contributed by atoms with Crippen molar-refractivity contribution in [3.05, 3.63) is 47.0 Å². The molecule has 1 aliphatic rings. The number of hydrogen-bond acceptors (Lipinski definition) is 4. The molecule has 1 aliphatic heterocycles. The molecule has 0 spiro atoms. The van der Waals surface area contributed by atoms with Crippen molar-refractivity contribution < 1.29 is 0 Å². The molecule has 128 valence electrons. The molecule has 2 heterocycles. The summed E-state index contributed by atoms with van der Waals surface area (Å²) in [6.45, 7) is 6.61. The van der Waals surface area contributed by atoms with Gasteiger partial charge < -0.3 is 15.5 Å². The topological polar surface area (TPSA) is 57.8 Å². The number of aryl methyl sites for hydroxylation is 1. The van der Waals surface area contributed by atoms with Crippen molar-refractivity contribution in [2.75, 3.05) is 37.6 Å². The van der Waals surface area contributed by atoms with Gasteiger partial charge >= 0.3 is 0 Å². The van der Waals surface area contributed by atoms with Gasteiger partial charge in [-0.05, 0) is 24.0 Å². The molecule has 6 heteroatoms. The lowest BCUT2D eigenvalue weighted by molar-refractivity contribution is 0.380. The number of nitrogens with zero attached hydrogens (tertiary/aromatic N) is 4. The summed E-state index contributed by atoms with van der Waals surface area (Å²) in [6, 6.07) is 8.77. The molecule has 0 aliphatic carbocycles. The number of guanidine groups is 1.